The molecule has 1 aromatic heterocycles. The number of halogens is 1. The van der Waals surface area contributed by atoms with Crippen LogP contribution in [0.3, 0.4) is 0 Å². The maximum Gasteiger partial charge on any atom is 0.321 e. The van der Waals surface area contributed by atoms with E-state index in [0.29, 0.717) is 18.0 Å². The highest BCUT2D eigenvalue weighted by Crippen LogP contribution is 2.12. The van der Waals surface area contributed by atoms with E-state index in [9.17, 15) is 9.90 Å². The second kappa shape index (κ2) is 7.20. The molecule has 0 fully saturated rings. The van der Waals surface area contributed by atoms with Crippen molar-refractivity contribution in [3.63, 3.8) is 0 Å². The number of benzene rings is 1. The Bertz CT molecular complexity index is 587. The van der Waals surface area contributed by atoms with E-state index in [-0.39, 0.29) is 0 Å². The Morgan fingerprint density at radius 2 is 2.00 bits per heavy atom. The summed E-state index contributed by atoms with van der Waals surface area (Å²) in [7, 11) is 1.79. The first-order chi connectivity index (χ1) is 10.1. The lowest BCUT2D eigenvalue weighted by Gasteiger charge is -2.24. The summed E-state index contributed by atoms with van der Waals surface area (Å²) in [6.45, 7) is 0.459. The van der Waals surface area contributed by atoms with Crippen molar-refractivity contribution in [1.82, 2.24) is 9.88 Å². The van der Waals surface area contributed by atoms with Gasteiger partial charge in [0, 0.05) is 12.7 Å². The normalized spacial score (nSPS) is 12.3. The average molecular weight is 305 g/mol. The highest BCUT2D eigenvalue weighted by molar-refractivity contribution is 6.30. The standard InChI is InChI=1S/C16H17ClN2O2/c1-19(11-14-8-7-13(17)10-18-14)15(16(20)21)9-12-5-3-2-4-6-12/h2-8,10,15H,9,11H2,1H3,(H,20,21). The lowest BCUT2D eigenvalue weighted by atomic mass is 10.0. The van der Waals surface area contributed by atoms with Gasteiger partial charge < -0.3 is 5.11 Å². The quantitative estimate of drug-likeness (QED) is 0.891. The van der Waals surface area contributed by atoms with Crippen LogP contribution >= 0.6 is 11.6 Å². The van der Waals surface area contributed by atoms with Gasteiger partial charge >= 0.3 is 5.97 Å². The van der Waals surface area contributed by atoms with Gasteiger partial charge in [0.25, 0.3) is 0 Å². The molecule has 1 N–H and O–H groups in total. The third kappa shape index (κ3) is 4.55. The van der Waals surface area contributed by atoms with E-state index in [1.807, 2.05) is 30.3 Å². The van der Waals surface area contributed by atoms with E-state index in [2.05, 4.69) is 4.98 Å². The highest BCUT2D eigenvalue weighted by Gasteiger charge is 2.23. The third-order valence-corrected chi connectivity index (χ3v) is 3.51. The molecule has 0 aliphatic heterocycles. The maximum absolute atomic E-state index is 11.5. The van der Waals surface area contributed by atoms with Crippen LogP contribution in [-0.4, -0.2) is 34.0 Å². The molecule has 5 heteroatoms. The van der Waals surface area contributed by atoms with Crippen molar-refractivity contribution in [2.45, 2.75) is 19.0 Å². The Hall–Kier alpha value is -1.91. The minimum atomic E-state index is -0.838. The Morgan fingerprint density at radius 1 is 1.29 bits per heavy atom. The van der Waals surface area contributed by atoms with Crippen LogP contribution in [0.15, 0.2) is 48.7 Å². The minimum absolute atomic E-state index is 0.459. The molecule has 0 spiro atoms. The minimum Gasteiger partial charge on any atom is -0.480 e. The maximum atomic E-state index is 11.5. The fourth-order valence-corrected chi connectivity index (χ4v) is 2.25. The molecule has 0 aliphatic rings. The van der Waals surface area contributed by atoms with Crippen LogP contribution in [0.5, 0.6) is 0 Å². The number of nitrogens with zero attached hydrogens (tertiary/aromatic N) is 2. The number of hydrogen-bond acceptors (Lipinski definition) is 3. The van der Waals surface area contributed by atoms with Crippen LogP contribution in [0, 0.1) is 0 Å². The molecular formula is C16H17ClN2O2. The number of carboxylic acids is 1. The predicted octanol–water partition coefficient (Wildman–Crippen LogP) is 2.86. The molecular weight excluding hydrogens is 288 g/mol. The van der Waals surface area contributed by atoms with Gasteiger partial charge in [-0.2, -0.15) is 0 Å². The number of aliphatic carboxylic acids is 1. The van der Waals surface area contributed by atoms with Gasteiger partial charge in [-0.1, -0.05) is 41.9 Å². The molecule has 0 saturated carbocycles. The fraction of sp³-hybridized carbons (Fsp3) is 0.250. The molecule has 0 bridgehead atoms. The molecule has 0 radical (unpaired) electrons. The van der Waals surface area contributed by atoms with Gasteiger partial charge in [0.2, 0.25) is 0 Å². The largest absolute Gasteiger partial charge is 0.480 e. The van der Waals surface area contributed by atoms with E-state index in [1.165, 1.54) is 0 Å². The first kappa shape index (κ1) is 15.5. The number of rotatable bonds is 6. The first-order valence-electron chi connectivity index (χ1n) is 6.63. The molecule has 21 heavy (non-hydrogen) atoms. The smallest absolute Gasteiger partial charge is 0.321 e. The van der Waals surface area contributed by atoms with Gasteiger partial charge in [0.15, 0.2) is 0 Å². The molecule has 0 amide bonds. The van der Waals surface area contributed by atoms with Crippen LogP contribution < -0.4 is 0 Å². The second-order valence-electron chi connectivity index (χ2n) is 4.93. The van der Waals surface area contributed by atoms with Crippen LogP contribution in [0.1, 0.15) is 11.3 Å². The molecule has 1 unspecified atom stereocenters. The van der Waals surface area contributed by atoms with E-state index in [1.54, 1.807) is 30.3 Å². The van der Waals surface area contributed by atoms with E-state index in [4.69, 9.17) is 11.6 Å². The van der Waals surface area contributed by atoms with Gasteiger partial charge in [-0.25, -0.2) is 0 Å². The number of pyridine rings is 1. The number of carbonyl (C=O) groups is 1. The lowest BCUT2D eigenvalue weighted by molar-refractivity contribution is -0.142. The Labute approximate surface area is 129 Å². The number of hydrogen-bond donors (Lipinski definition) is 1. The fourth-order valence-electron chi connectivity index (χ4n) is 2.13. The predicted molar refractivity (Wildman–Crippen MR) is 82.3 cm³/mol. The van der Waals surface area contributed by atoms with Crippen LogP contribution in [0.25, 0.3) is 0 Å². The summed E-state index contributed by atoms with van der Waals surface area (Å²) in [6.07, 6.45) is 2.03. The zero-order valence-corrected chi connectivity index (χ0v) is 12.5. The van der Waals surface area contributed by atoms with Crippen LogP contribution in [-0.2, 0) is 17.8 Å². The molecule has 1 aromatic carbocycles. The Kier molecular flexibility index (Phi) is 5.31. The summed E-state index contributed by atoms with van der Waals surface area (Å²) in [5.74, 6) is -0.838. The number of aromatic nitrogens is 1. The van der Waals surface area contributed by atoms with E-state index in [0.717, 1.165) is 11.3 Å². The monoisotopic (exact) mass is 304 g/mol. The van der Waals surface area contributed by atoms with Crippen molar-refractivity contribution in [2.24, 2.45) is 0 Å². The second-order valence-corrected chi connectivity index (χ2v) is 5.36. The Balaban J connectivity index is 2.07. The van der Waals surface area contributed by atoms with Gasteiger partial charge in [0.05, 0.1) is 10.7 Å². The lowest BCUT2D eigenvalue weighted by Crippen LogP contribution is -2.39. The molecule has 1 atom stereocenters. The topological polar surface area (TPSA) is 53.4 Å². The molecule has 2 aromatic rings. The van der Waals surface area contributed by atoms with Crippen molar-refractivity contribution in [2.75, 3.05) is 7.05 Å². The van der Waals surface area contributed by atoms with Crippen molar-refractivity contribution < 1.29 is 9.90 Å². The molecule has 2 rings (SSSR count). The molecule has 1 heterocycles. The average Bonchev–Trinajstić information content (AvgIpc) is 2.48. The van der Waals surface area contributed by atoms with E-state index < -0.39 is 12.0 Å². The van der Waals surface area contributed by atoms with Crippen LogP contribution in [0.2, 0.25) is 5.02 Å². The summed E-state index contributed by atoms with van der Waals surface area (Å²) >= 11 is 5.80. The van der Waals surface area contributed by atoms with Gasteiger partial charge in [-0.05, 0) is 31.2 Å². The SMILES string of the molecule is CN(Cc1ccc(Cl)cn1)C(Cc1ccccc1)C(=O)O. The zero-order valence-electron chi connectivity index (χ0n) is 11.7. The van der Waals surface area contributed by atoms with Crippen molar-refractivity contribution in [3.8, 4) is 0 Å². The third-order valence-electron chi connectivity index (χ3n) is 3.29. The van der Waals surface area contributed by atoms with Gasteiger partial charge in [-0.3, -0.25) is 14.7 Å². The first-order valence-corrected chi connectivity index (χ1v) is 7.01. The number of likely N-dealkylation sites (N-methyl/N-ethyl adjacent to an activating group) is 1. The molecule has 110 valence electrons. The summed E-state index contributed by atoms with van der Waals surface area (Å²) in [4.78, 5) is 17.5. The van der Waals surface area contributed by atoms with Crippen molar-refractivity contribution >= 4 is 17.6 Å². The summed E-state index contributed by atoms with van der Waals surface area (Å²) in [5, 5.41) is 10.0. The van der Waals surface area contributed by atoms with Crippen LogP contribution in [0.4, 0.5) is 0 Å². The van der Waals surface area contributed by atoms with Crippen molar-refractivity contribution in [1.29, 1.82) is 0 Å². The summed E-state index contributed by atoms with van der Waals surface area (Å²) in [5.41, 5.74) is 1.79. The zero-order chi connectivity index (χ0) is 15.2. The van der Waals surface area contributed by atoms with Crippen molar-refractivity contribution in [3.05, 3.63) is 64.9 Å². The number of carboxylic acid groups (broad SMARTS) is 1. The molecule has 0 saturated heterocycles. The summed E-state index contributed by atoms with van der Waals surface area (Å²) in [6, 6.07) is 12.6. The summed E-state index contributed by atoms with van der Waals surface area (Å²) < 4.78 is 0. The molecule has 0 aliphatic carbocycles. The Morgan fingerprint density at radius 3 is 2.57 bits per heavy atom. The van der Waals surface area contributed by atoms with Gasteiger partial charge in [0.1, 0.15) is 6.04 Å². The van der Waals surface area contributed by atoms with E-state index >= 15 is 0 Å². The van der Waals surface area contributed by atoms with Gasteiger partial charge in [-0.15, -0.1) is 0 Å². The molecule has 4 nitrogen and oxygen atoms in total. The highest BCUT2D eigenvalue weighted by atomic mass is 35.5.